The molecule has 0 unspecified atom stereocenters. The lowest BCUT2D eigenvalue weighted by atomic mass is 9.86. The molecule has 1 amide bonds. The van der Waals surface area contributed by atoms with Gasteiger partial charge in [-0.3, -0.25) is 19.1 Å². The first-order valence-electron chi connectivity index (χ1n) is 12.5. The van der Waals surface area contributed by atoms with Crippen LogP contribution < -0.4 is 0 Å². The zero-order chi connectivity index (χ0) is 30.9. The molecule has 0 aliphatic heterocycles. The fourth-order valence-electron chi connectivity index (χ4n) is 5.02. The summed E-state index contributed by atoms with van der Waals surface area (Å²) in [6, 6.07) is 3.41. The van der Waals surface area contributed by atoms with Crippen molar-refractivity contribution in [3.8, 4) is 5.75 Å². The van der Waals surface area contributed by atoms with Crippen LogP contribution in [0.25, 0.3) is 0 Å². The van der Waals surface area contributed by atoms with Gasteiger partial charge in [0, 0.05) is 12.6 Å². The average molecular weight is 634 g/mol. The average Bonchev–Trinajstić information content (AvgIpc) is 3.33. The van der Waals surface area contributed by atoms with Crippen LogP contribution in [-0.2, 0) is 17.5 Å². The molecule has 1 aromatic heterocycles. The maximum absolute atomic E-state index is 14.4. The summed E-state index contributed by atoms with van der Waals surface area (Å²) in [6.07, 6.45) is -4.04. The van der Waals surface area contributed by atoms with E-state index in [4.69, 9.17) is 23.2 Å². The molecule has 3 aromatic rings. The number of Topliss-reactive ketones (excluding diaryl/α,β-unsaturated/α-hetero) is 1. The number of carboxylic acids is 1. The summed E-state index contributed by atoms with van der Waals surface area (Å²) in [7, 11) is 0. The van der Waals surface area contributed by atoms with Crippen LogP contribution in [0.1, 0.15) is 63.7 Å². The number of aromatic nitrogens is 2. The van der Waals surface area contributed by atoms with E-state index >= 15 is 0 Å². The molecule has 2 aromatic carbocycles. The van der Waals surface area contributed by atoms with Crippen molar-refractivity contribution in [2.45, 2.75) is 44.4 Å². The van der Waals surface area contributed by atoms with Gasteiger partial charge in [0.25, 0.3) is 5.91 Å². The molecular formula is C27H22Cl2F5N3O5. The number of ketones is 1. The van der Waals surface area contributed by atoms with Crippen molar-refractivity contribution in [3.05, 3.63) is 80.6 Å². The molecule has 42 heavy (non-hydrogen) atoms. The Bertz CT molecular complexity index is 1490. The maximum Gasteiger partial charge on any atom is 0.433 e. The van der Waals surface area contributed by atoms with E-state index in [1.165, 1.54) is 0 Å². The molecule has 0 bridgehead atoms. The molecular weight excluding hydrogens is 612 g/mol. The van der Waals surface area contributed by atoms with E-state index in [9.17, 15) is 46.5 Å². The summed E-state index contributed by atoms with van der Waals surface area (Å²) in [5.74, 6) is -6.42. The highest BCUT2D eigenvalue weighted by molar-refractivity contribution is 6.40. The third kappa shape index (κ3) is 6.84. The number of carbonyl (C=O) groups excluding carboxylic acids is 2. The second kappa shape index (κ2) is 12.3. The second-order valence-electron chi connectivity index (χ2n) is 9.84. The van der Waals surface area contributed by atoms with Crippen molar-refractivity contribution >= 4 is 40.9 Å². The first-order valence-corrected chi connectivity index (χ1v) is 13.2. The van der Waals surface area contributed by atoms with Crippen LogP contribution in [-0.4, -0.2) is 49.1 Å². The van der Waals surface area contributed by atoms with E-state index in [0.717, 1.165) is 24.3 Å². The predicted octanol–water partition coefficient (Wildman–Crippen LogP) is 6.53. The van der Waals surface area contributed by atoms with Crippen LogP contribution in [0.2, 0.25) is 10.0 Å². The molecule has 2 N–H and O–H groups in total. The van der Waals surface area contributed by atoms with Crippen LogP contribution in [0, 0.1) is 17.6 Å². The first kappa shape index (κ1) is 31.2. The topological polar surface area (TPSA) is 113 Å². The SMILES string of the molecule is O=C(CN(Cc1cc(F)cc(F)c1)C(=O)c1cnn([C@H]2CC[C@H](C(=O)O)CC2)c1C(F)(F)F)c1c(Cl)cc(O)cc1Cl. The fraction of sp³-hybridized carbons (Fsp3) is 0.333. The number of carboxylic acid groups (broad SMARTS) is 1. The van der Waals surface area contributed by atoms with Crippen molar-refractivity contribution in [2.75, 3.05) is 6.54 Å². The van der Waals surface area contributed by atoms with Crippen molar-refractivity contribution in [2.24, 2.45) is 5.92 Å². The summed E-state index contributed by atoms with van der Waals surface area (Å²) < 4.78 is 71.6. The molecule has 1 heterocycles. The largest absolute Gasteiger partial charge is 0.508 e. The van der Waals surface area contributed by atoms with E-state index in [-0.39, 0.29) is 52.6 Å². The van der Waals surface area contributed by atoms with Gasteiger partial charge in [0.2, 0.25) is 0 Å². The lowest BCUT2D eigenvalue weighted by molar-refractivity contribution is -0.147. The highest BCUT2D eigenvalue weighted by atomic mass is 35.5. The summed E-state index contributed by atoms with van der Waals surface area (Å²) in [4.78, 5) is 38.8. The van der Waals surface area contributed by atoms with E-state index in [0.29, 0.717) is 21.8 Å². The van der Waals surface area contributed by atoms with Gasteiger partial charge >= 0.3 is 12.1 Å². The predicted molar refractivity (Wildman–Crippen MR) is 139 cm³/mol. The Morgan fingerprint density at radius 3 is 2.07 bits per heavy atom. The standard InChI is InChI=1S/C27H22Cl2F5N3O5/c28-20-8-18(38)9-21(29)23(20)22(39)12-36(11-13-5-15(30)7-16(31)6-13)25(40)19-10-35-37(24(19)27(32,33)34)17-3-1-14(2-4-17)26(41)42/h5-10,14,17,38H,1-4,11-12H2,(H,41,42)/t14-,17-. The molecule has 0 saturated heterocycles. The van der Waals surface area contributed by atoms with E-state index < -0.39 is 71.8 Å². The van der Waals surface area contributed by atoms with Crippen molar-refractivity contribution in [3.63, 3.8) is 0 Å². The highest BCUT2D eigenvalue weighted by Crippen LogP contribution is 2.39. The van der Waals surface area contributed by atoms with Crippen molar-refractivity contribution in [1.82, 2.24) is 14.7 Å². The fourth-order valence-corrected chi connectivity index (χ4v) is 5.70. The number of benzene rings is 2. The van der Waals surface area contributed by atoms with Crippen LogP contribution in [0.4, 0.5) is 22.0 Å². The molecule has 1 saturated carbocycles. The quantitative estimate of drug-likeness (QED) is 0.215. The minimum absolute atomic E-state index is 0.0674. The molecule has 4 rings (SSSR count). The van der Waals surface area contributed by atoms with Gasteiger partial charge in [-0.25, -0.2) is 8.78 Å². The highest BCUT2D eigenvalue weighted by Gasteiger charge is 2.43. The van der Waals surface area contributed by atoms with Crippen LogP contribution in [0.3, 0.4) is 0 Å². The molecule has 8 nitrogen and oxygen atoms in total. The van der Waals surface area contributed by atoms with Gasteiger partial charge in [-0.15, -0.1) is 0 Å². The van der Waals surface area contributed by atoms with Gasteiger partial charge in [0.05, 0.1) is 45.9 Å². The van der Waals surface area contributed by atoms with Gasteiger partial charge in [0.1, 0.15) is 17.4 Å². The van der Waals surface area contributed by atoms with Gasteiger partial charge in [-0.05, 0) is 55.5 Å². The summed E-state index contributed by atoms with van der Waals surface area (Å²) in [6.45, 7) is -1.59. The summed E-state index contributed by atoms with van der Waals surface area (Å²) in [5.41, 5.74) is -2.82. The third-order valence-corrected chi connectivity index (χ3v) is 7.51. The number of hydrogen-bond acceptors (Lipinski definition) is 5. The Morgan fingerprint density at radius 2 is 1.55 bits per heavy atom. The Kier molecular flexibility index (Phi) is 9.12. The number of amides is 1. The molecule has 0 radical (unpaired) electrons. The molecule has 0 atom stereocenters. The number of carbonyl (C=O) groups is 3. The normalized spacial score (nSPS) is 17.2. The Morgan fingerprint density at radius 1 is 0.976 bits per heavy atom. The number of phenolic OH excluding ortho intramolecular Hbond substituents is 1. The van der Waals surface area contributed by atoms with E-state index in [1.54, 1.807) is 0 Å². The summed E-state index contributed by atoms with van der Waals surface area (Å²) in [5, 5.41) is 22.1. The molecule has 1 aliphatic rings. The summed E-state index contributed by atoms with van der Waals surface area (Å²) >= 11 is 12.1. The Labute approximate surface area is 245 Å². The van der Waals surface area contributed by atoms with E-state index in [1.807, 2.05) is 0 Å². The lowest BCUT2D eigenvalue weighted by Crippen LogP contribution is -2.37. The minimum Gasteiger partial charge on any atom is -0.508 e. The van der Waals surface area contributed by atoms with E-state index in [2.05, 4.69) is 5.10 Å². The molecule has 1 aliphatic carbocycles. The number of aromatic hydroxyl groups is 1. The number of rotatable bonds is 8. The van der Waals surface area contributed by atoms with Gasteiger partial charge < -0.3 is 15.1 Å². The maximum atomic E-state index is 14.4. The number of aliphatic carboxylic acids is 1. The Balaban J connectivity index is 1.73. The smallest absolute Gasteiger partial charge is 0.433 e. The van der Waals surface area contributed by atoms with Gasteiger partial charge in [-0.2, -0.15) is 18.3 Å². The van der Waals surface area contributed by atoms with Crippen LogP contribution >= 0.6 is 23.2 Å². The van der Waals surface area contributed by atoms with Crippen LogP contribution in [0.5, 0.6) is 5.75 Å². The number of phenols is 1. The third-order valence-electron chi connectivity index (χ3n) is 6.91. The van der Waals surface area contributed by atoms with Crippen LogP contribution in [0.15, 0.2) is 36.5 Å². The zero-order valence-corrected chi connectivity index (χ0v) is 23.0. The zero-order valence-electron chi connectivity index (χ0n) is 21.5. The first-order chi connectivity index (χ1) is 19.6. The minimum atomic E-state index is -5.09. The molecule has 1 fully saturated rings. The van der Waals surface area contributed by atoms with Gasteiger partial charge in [-0.1, -0.05) is 23.2 Å². The number of hydrogen-bond donors (Lipinski definition) is 2. The second-order valence-corrected chi connectivity index (χ2v) is 10.7. The Hall–Kier alpha value is -3.71. The molecule has 15 heteroatoms. The van der Waals surface area contributed by atoms with Gasteiger partial charge in [0.15, 0.2) is 11.5 Å². The molecule has 0 spiro atoms. The monoisotopic (exact) mass is 633 g/mol. The molecule has 224 valence electrons. The van der Waals surface area contributed by atoms with Crippen molar-refractivity contribution < 1.29 is 46.5 Å². The number of alkyl halides is 3. The lowest BCUT2D eigenvalue weighted by Gasteiger charge is -2.28. The number of halogens is 7. The van der Waals surface area contributed by atoms with Crippen molar-refractivity contribution in [1.29, 1.82) is 0 Å². The number of nitrogens with zero attached hydrogens (tertiary/aromatic N) is 3.